The number of ether oxygens (including phenoxy) is 1. The van der Waals surface area contributed by atoms with Gasteiger partial charge in [0, 0.05) is 0 Å². The van der Waals surface area contributed by atoms with Gasteiger partial charge in [-0.1, -0.05) is 0 Å². The molecule has 0 bridgehead atoms. The first-order chi connectivity index (χ1) is 5.50. The molecule has 0 aromatic carbocycles. The Morgan fingerprint density at radius 3 is 2.50 bits per heavy atom. The van der Waals surface area contributed by atoms with Gasteiger partial charge in [0.05, 0.1) is 6.61 Å². The third-order valence-corrected chi connectivity index (χ3v) is 1.18. The van der Waals surface area contributed by atoms with Crippen molar-refractivity contribution >= 4 is 5.97 Å². The van der Waals surface area contributed by atoms with Crippen LogP contribution in [0.2, 0.25) is 0 Å². The molecule has 0 aromatic rings. The van der Waals surface area contributed by atoms with Crippen LogP contribution in [0.15, 0.2) is 0 Å². The molecule has 0 aliphatic rings. The van der Waals surface area contributed by atoms with E-state index < -0.39 is 24.5 Å². The standard InChI is InChI=1S/C6H11F2NO3/c1-2-12-6(11)3(9)4(10)5(7)8/h3-5,10H,2,9H2,1H3. The highest BCUT2D eigenvalue weighted by Crippen LogP contribution is 2.04. The number of carbonyl (C=O) groups excluding carboxylic acids is 1. The Morgan fingerprint density at radius 2 is 2.17 bits per heavy atom. The van der Waals surface area contributed by atoms with E-state index in [2.05, 4.69) is 4.74 Å². The van der Waals surface area contributed by atoms with Gasteiger partial charge >= 0.3 is 5.97 Å². The number of nitrogens with two attached hydrogens (primary N) is 1. The molecule has 0 radical (unpaired) electrons. The maximum absolute atomic E-state index is 11.7. The number of esters is 1. The molecule has 6 heteroatoms. The molecule has 0 amide bonds. The largest absolute Gasteiger partial charge is 0.465 e. The number of halogens is 2. The molecule has 2 atom stereocenters. The highest BCUT2D eigenvalue weighted by atomic mass is 19.3. The van der Waals surface area contributed by atoms with Crippen LogP contribution in [0, 0.1) is 0 Å². The minimum absolute atomic E-state index is 0.0441. The normalized spacial score (nSPS) is 15.8. The molecule has 0 spiro atoms. The van der Waals surface area contributed by atoms with Crippen molar-refractivity contribution in [1.29, 1.82) is 0 Å². The average molecular weight is 183 g/mol. The smallest absolute Gasteiger partial charge is 0.325 e. The van der Waals surface area contributed by atoms with Gasteiger partial charge in [-0.25, -0.2) is 8.78 Å². The second kappa shape index (κ2) is 5.00. The molecule has 0 aromatic heterocycles. The quantitative estimate of drug-likeness (QED) is 0.576. The van der Waals surface area contributed by atoms with Crippen molar-refractivity contribution in [3.63, 3.8) is 0 Å². The van der Waals surface area contributed by atoms with Gasteiger partial charge in [0.25, 0.3) is 6.43 Å². The fourth-order valence-corrected chi connectivity index (χ4v) is 0.535. The lowest BCUT2D eigenvalue weighted by Crippen LogP contribution is -2.46. The van der Waals surface area contributed by atoms with Gasteiger partial charge in [0.1, 0.15) is 12.1 Å². The number of rotatable bonds is 4. The maximum Gasteiger partial charge on any atom is 0.325 e. The number of hydrogen-bond donors (Lipinski definition) is 2. The Bertz CT molecular complexity index is 154. The van der Waals surface area contributed by atoms with Crippen molar-refractivity contribution in [2.24, 2.45) is 5.73 Å². The second-order valence-electron chi connectivity index (χ2n) is 2.10. The van der Waals surface area contributed by atoms with Crippen molar-refractivity contribution in [3.8, 4) is 0 Å². The molecular formula is C6H11F2NO3. The molecule has 72 valence electrons. The zero-order valence-corrected chi connectivity index (χ0v) is 6.54. The third-order valence-electron chi connectivity index (χ3n) is 1.18. The molecule has 4 nitrogen and oxygen atoms in total. The van der Waals surface area contributed by atoms with Gasteiger partial charge < -0.3 is 15.6 Å². The molecule has 2 unspecified atom stereocenters. The molecule has 0 saturated heterocycles. The molecule has 0 aliphatic carbocycles. The Kier molecular flexibility index (Phi) is 4.68. The lowest BCUT2D eigenvalue weighted by Gasteiger charge is -2.15. The van der Waals surface area contributed by atoms with Crippen molar-refractivity contribution in [3.05, 3.63) is 0 Å². The first kappa shape index (κ1) is 11.2. The highest BCUT2D eigenvalue weighted by Gasteiger charge is 2.30. The minimum Gasteiger partial charge on any atom is -0.465 e. The highest BCUT2D eigenvalue weighted by molar-refractivity contribution is 5.76. The molecule has 3 N–H and O–H groups in total. The number of hydrogen-bond acceptors (Lipinski definition) is 4. The van der Waals surface area contributed by atoms with E-state index in [1.807, 2.05) is 0 Å². The molecular weight excluding hydrogens is 172 g/mol. The maximum atomic E-state index is 11.7. The summed E-state index contributed by atoms with van der Waals surface area (Å²) in [5.41, 5.74) is 4.94. The van der Waals surface area contributed by atoms with Gasteiger partial charge in [0.2, 0.25) is 0 Å². The summed E-state index contributed by atoms with van der Waals surface area (Å²) in [6.45, 7) is 1.56. The molecule has 0 aliphatic heterocycles. The van der Waals surface area contributed by atoms with E-state index in [1.54, 1.807) is 0 Å². The summed E-state index contributed by atoms with van der Waals surface area (Å²) >= 11 is 0. The van der Waals surface area contributed by atoms with Crippen LogP contribution in [0.3, 0.4) is 0 Å². The molecule has 0 fully saturated rings. The van der Waals surface area contributed by atoms with Crippen molar-refractivity contribution < 1.29 is 23.4 Å². The zero-order chi connectivity index (χ0) is 9.72. The van der Waals surface area contributed by atoms with Crippen molar-refractivity contribution in [1.82, 2.24) is 0 Å². The van der Waals surface area contributed by atoms with Crippen molar-refractivity contribution in [2.45, 2.75) is 25.5 Å². The Hall–Kier alpha value is -0.750. The molecule has 0 heterocycles. The van der Waals surface area contributed by atoms with E-state index in [0.29, 0.717) is 0 Å². The first-order valence-electron chi connectivity index (χ1n) is 3.39. The fraction of sp³-hybridized carbons (Fsp3) is 0.833. The number of carbonyl (C=O) groups is 1. The predicted molar refractivity (Wildman–Crippen MR) is 36.6 cm³/mol. The second-order valence-corrected chi connectivity index (χ2v) is 2.10. The van der Waals surface area contributed by atoms with Crippen LogP contribution >= 0.6 is 0 Å². The van der Waals surface area contributed by atoms with Gasteiger partial charge in [-0.05, 0) is 6.92 Å². The summed E-state index contributed by atoms with van der Waals surface area (Å²) in [5, 5.41) is 8.62. The summed E-state index contributed by atoms with van der Waals surface area (Å²) < 4.78 is 27.8. The van der Waals surface area contributed by atoms with Crippen LogP contribution in [0.1, 0.15) is 6.92 Å². The summed E-state index contributed by atoms with van der Waals surface area (Å²) in [7, 11) is 0. The SMILES string of the molecule is CCOC(=O)C(N)C(O)C(F)F. The van der Waals surface area contributed by atoms with Crippen LogP contribution in [-0.2, 0) is 9.53 Å². The van der Waals surface area contributed by atoms with E-state index >= 15 is 0 Å². The molecule has 0 saturated carbocycles. The van der Waals surface area contributed by atoms with Crippen LogP contribution < -0.4 is 5.73 Å². The van der Waals surface area contributed by atoms with Gasteiger partial charge in [0.15, 0.2) is 0 Å². The Morgan fingerprint density at radius 1 is 1.67 bits per heavy atom. The predicted octanol–water partition coefficient (Wildman–Crippen LogP) is -0.497. The lowest BCUT2D eigenvalue weighted by molar-refractivity contribution is -0.150. The molecule has 0 rings (SSSR count). The van der Waals surface area contributed by atoms with Crippen LogP contribution in [0.4, 0.5) is 8.78 Å². The van der Waals surface area contributed by atoms with E-state index in [-0.39, 0.29) is 6.61 Å². The number of aliphatic hydroxyl groups excluding tert-OH is 1. The summed E-state index contributed by atoms with van der Waals surface area (Å²) in [4.78, 5) is 10.6. The van der Waals surface area contributed by atoms with Gasteiger partial charge in [-0.3, -0.25) is 4.79 Å². The van der Waals surface area contributed by atoms with Gasteiger partial charge in [-0.2, -0.15) is 0 Å². The Labute approximate surface area is 68.3 Å². The summed E-state index contributed by atoms with van der Waals surface area (Å²) in [5.74, 6) is -1.02. The summed E-state index contributed by atoms with van der Waals surface area (Å²) in [6, 6.07) is -1.68. The monoisotopic (exact) mass is 183 g/mol. The third kappa shape index (κ3) is 3.10. The van der Waals surface area contributed by atoms with Crippen LogP contribution in [0.25, 0.3) is 0 Å². The van der Waals surface area contributed by atoms with E-state index in [9.17, 15) is 13.6 Å². The summed E-state index contributed by atoms with van der Waals surface area (Å²) in [6.07, 6.45) is -5.20. The first-order valence-corrected chi connectivity index (χ1v) is 3.39. The lowest BCUT2D eigenvalue weighted by atomic mass is 10.2. The number of aliphatic hydroxyl groups is 1. The van der Waals surface area contributed by atoms with Gasteiger partial charge in [-0.15, -0.1) is 0 Å². The average Bonchev–Trinajstić information content (AvgIpc) is 2.02. The van der Waals surface area contributed by atoms with Crippen LogP contribution in [0.5, 0.6) is 0 Å². The zero-order valence-electron chi connectivity index (χ0n) is 6.54. The van der Waals surface area contributed by atoms with Crippen molar-refractivity contribution in [2.75, 3.05) is 6.61 Å². The minimum atomic E-state index is -3.04. The van der Waals surface area contributed by atoms with Crippen LogP contribution in [-0.4, -0.2) is 36.3 Å². The van der Waals surface area contributed by atoms with E-state index in [1.165, 1.54) is 6.92 Å². The topological polar surface area (TPSA) is 72.5 Å². The molecule has 12 heavy (non-hydrogen) atoms. The number of alkyl halides is 2. The Balaban J connectivity index is 4.00. The van der Waals surface area contributed by atoms with E-state index in [4.69, 9.17) is 10.8 Å². The fourth-order valence-electron chi connectivity index (χ4n) is 0.535. The van der Waals surface area contributed by atoms with E-state index in [0.717, 1.165) is 0 Å².